The Bertz CT molecular complexity index is 1220. The van der Waals surface area contributed by atoms with Crippen molar-refractivity contribution in [3.63, 3.8) is 0 Å². The molecule has 3 aromatic rings. The van der Waals surface area contributed by atoms with Crippen LogP contribution in [0.4, 0.5) is 22.4 Å². The molecule has 1 saturated heterocycles. The Hall–Kier alpha value is -3.60. The van der Waals surface area contributed by atoms with E-state index in [4.69, 9.17) is 14.2 Å². The van der Waals surface area contributed by atoms with E-state index in [0.717, 1.165) is 11.4 Å². The Morgan fingerprint density at radius 2 is 1.73 bits per heavy atom. The maximum atomic E-state index is 13.5. The van der Waals surface area contributed by atoms with E-state index in [0.29, 0.717) is 24.4 Å². The van der Waals surface area contributed by atoms with E-state index in [1.54, 1.807) is 47.3 Å². The summed E-state index contributed by atoms with van der Waals surface area (Å²) in [6.07, 6.45) is -6.34. The van der Waals surface area contributed by atoms with Crippen molar-refractivity contribution in [1.29, 1.82) is 0 Å². The minimum absolute atomic E-state index is 0.0613. The number of nitrogens with zero attached hydrogens (tertiary/aromatic N) is 3. The molecule has 0 spiro atoms. The number of fused-ring (bicyclic) bond motifs is 1. The summed E-state index contributed by atoms with van der Waals surface area (Å²) in [6.45, 7) is -0.261. The molecule has 1 aliphatic carbocycles. The van der Waals surface area contributed by atoms with Crippen LogP contribution in [0, 0.1) is 17.7 Å². The molecule has 5 rings (SSSR count). The van der Waals surface area contributed by atoms with Gasteiger partial charge in [-0.2, -0.15) is 18.3 Å². The second-order valence-electron chi connectivity index (χ2n) is 9.20. The number of amides is 1. The van der Waals surface area contributed by atoms with Crippen LogP contribution in [0.15, 0.2) is 60.8 Å². The van der Waals surface area contributed by atoms with E-state index in [1.165, 1.54) is 24.1 Å². The molecule has 4 atom stereocenters. The van der Waals surface area contributed by atoms with Crippen molar-refractivity contribution in [3.05, 3.63) is 77.9 Å². The second kappa shape index (κ2) is 10.0. The molecule has 0 N–H and O–H groups in total. The van der Waals surface area contributed by atoms with Crippen molar-refractivity contribution in [2.75, 3.05) is 26.8 Å². The number of rotatable bonds is 8. The van der Waals surface area contributed by atoms with E-state index in [-0.39, 0.29) is 30.2 Å². The summed E-state index contributed by atoms with van der Waals surface area (Å²) >= 11 is 0. The highest BCUT2D eigenvalue weighted by Gasteiger charge is 2.59. The molecule has 0 unspecified atom stereocenters. The van der Waals surface area contributed by atoms with E-state index < -0.39 is 25.0 Å². The predicted octanol–water partition coefficient (Wildman–Crippen LogP) is 4.95. The van der Waals surface area contributed by atoms with Gasteiger partial charge in [-0.05, 0) is 59.9 Å². The molecule has 1 amide bonds. The number of ether oxygens (including phenoxy) is 3. The van der Waals surface area contributed by atoms with Crippen molar-refractivity contribution in [1.82, 2.24) is 14.7 Å². The average molecular weight is 519 g/mol. The van der Waals surface area contributed by atoms with Crippen LogP contribution in [0.3, 0.4) is 0 Å². The molecule has 2 aromatic carbocycles. The first-order valence-electron chi connectivity index (χ1n) is 11.8. The summed E-state index contributed by atoms with van der Waals surface area (Å²) in [5, 5.41) is 4.56. The van der Waals surface area contributed by atoms with Crippen molar-refractivity contribution in [2.24, 2.45) is 11.8 Å². The number of carbonyl (C=O) groups excluding carboxylic acids is 1. The number of alkyl halides is 3. The van der Waals surface area contributed by atoms with Crippen LogP contribution in [0.25, 0.3) is 5.69 Å². The van der Waals surface area contributed by atoms with E-state index >= 15 is 0 Å². The SMILES string of the molecule is COc1ccc(COC[C@@H](OC(=O)N2C[C@@H]3[C@H](C2)[C@H]3c2ccn(-c3ccc(F)cc3)n2)C(F)(F)F)cc1. The maximum absolute atomic E-state index is 13.5. The first kappa shape index (κ1) is 25.1. The Balaban J connectivity index is 1.12. The lowest BCUT2D eigenvalue weighted by molar-refractivity contribution is -0.219. The molecule has 37 heavy (non-hydrogen) atoms. The van der Waals surface area contributed by atoms with Crippen molar-refractivity contribution in [3.8, 4) is 11.4 Å². The third-order valence-corrected chi connectivity index (χ3v) is 6.80. The van der Waals surface area contributed by atoms with Crippen molar-refractivity contribution < 1.29 is 36.6 Å². The van der Waals surface area contributed by atoms with Gasteiger partial charge in [0, 0.05) is 25.2 Å². The van der Waals surface area contributed by atoms with Crippen LogP contribution in [0.1, 0.15) is 17.2 Å². The lowest BCUT2D eigenvalue weighted by Crippen LogP contribution is -2.42. The van der Waals surface area contributed by atoms with Crippen LogP contribution in [0.5, 0.6) is 5.75 Å². The largest absolute Gasteiger partial charge is 0.497 e. The van der Waals surface area contributed by atoms with Crippen LogP contribution < -0.4 is 4.74 Å². The maximum Gasteiger partial charge on any atom is 0.427 e. The summed E-state index contributed by atoms with van der Waals surface area (Å²) in [4.78, 5) is 13.8. The molecule has 0 radical (unpaired) electrons. The lowest BCUT2D eigenvalue weighted by Gasteiger charge is -2.25. The standard InChI is InChI=1S/C26H25F4N3O4/c1-35-19-8-2-16(3-9-19)14-36-15-23(26(28,29)30)37-25(34)32-12-20-21(13-32)24(20)22-10-11-33(31-22)18-6-4-17(27)5-7-18/h2-11,20-21,23-24H,12-15H2,1H3/t20-,21+,23-,24+/m1/s1. The van der Waals surface area contributed by atoms with Gasteiger partial charge >= 0.3 is 12.3 Å². The van der Waals surface area contributed by atoms with Gasteiger partial charge in [-0.15, -0.1) is 0 Å². The number of hydrogen-bond acceptors (Lipinski definition) is 5. The van der Waals surface area contributed by atoms with E-state index in [2.05, 4.69) is 5.10 Å². The number of piperidine rings is 1. The number of carbonyl (C=O) groups is 1. The Labute approximate surface area is 210 Å². The number of methoxy groups -OCH3 is 1. The summed E-state index contributed by atoms with van der Waals surface area (Å²) in [5.41, 5.74) is 2.23. The Morgan fingerprint density at radius 3 is 2.35 bits per heavy atom. The third kappa shape index (κ3) is 5.56. The number of aromatic nitrogens is 2. The Morgan fingerprint density at radius 1 is 1.05 bits per heavy atom. The van der Waals surface area contributed by atoms with E-state index in [9.17, 15) is 22.4 Å². The molecule has 1 saturated carbocycles. The van der Waals surface area contributed by atoms with Crippen LogP contribution >= 0.6 is 0 Å². The lowest BCUT2D eigenvalue weighted by atomic mass is 10.2. The molecule has 1 aromatic heterocycles. The van der Waals surface area contributed by atoms with Crippen LogP contribution in [-0.4, -0.2) is 59.9 Å². The number of likely N-dealkylation sites (tertiary alicyclic amines) is 1. The van der Waals surface area contributed by atoms with Gasteiger partial charge in [-0.1, -0.05) is 12.1 Å². The minimum atomic E-state index is -4.76. The number of benzene rings is 2. The van der Waals surface area contributed by atoms with Gasteiger partial charge in [0.1, 0.15) is 11.6 Å². The fourth-order valence-electron chi connectivity index (χ4n) is 4.76. The summed E-state index contributed by atoms with van der Waals surface area (Å²) in [6, 6.07) is 14.5. The molecule has 0 bridgehead atoms. The fraction of sp³-hybridized carbons (Fsp3) is 0.385. The molecular weight excluding hydrogens is 494 g/mol. The molecule has 2 aliphatic rings. The second-order valence-corrected chi connectivity index (χ2v) is 9.20. The third-order valence-electron chi connectivity index (χ3n) is 6.80. The highest BCUT2D eigenvalue weighted by atomic mass is 19.4. The normalized spacial score (nSPS) is 21.4. The quantitative estimate of drug-likeness (QED) is 0.394. The fourth-order valence-corrected chi connectivity index (χ4v) is 4.76. The highest BCUT2D eigenvalue weighted by molar-refractivity contribution is 5.69. The van der Waals surface area contributed by atoms with Gasteiger partial charge in [-0.25, -0.2) is 13.9 Å². The highest BCUT2D eigenvalue weighted by Crippen LogP contribution is 2.57. The molecule has 11 heteroatoms. The number of halogens is 4. The van der Waals surface area contributed by atoms with Crippen LogP contribution in [0.2, 0.25) is 0 Å². The Kier molecular flexibility index (Phi) is 6.80. The summed E-state index contributed by atoms with van der Waals surface area (Å²) in [7, 11) is 1.52. The molecule has 196 valence electrons. The number of hydrogen-bond donors (Lipinski definition) is 0. The molecule has 1 aliphatic heterocycles. The first-order chi connectivity index (χ1) is 17.7. The van der Waals surface area contributed by atoms with Gasteiger partial charge in [0.15, 0.2) is 0 Å². The van der Waals surface area contributed by atoms with Crippen molar-refractivity contribution in [2.45, 2.75) is 24.8 Å². The van der Waals surface area contributed by atoms with Crippen molar-refractivity contribution >= 4 is 6.09 Å². The zero-order chi connectivity index (χ0) is 26.2. The van der Waals surface area contributed by atoms with E-state index in [1.807, 2.05) is 6.07 Å². The first-order valence-corrected chi connectivity index (χ1v) is 11.8. The predicted molar refractivity (Wildman–Crippen MR) is 124 cm³/mol. The van der Waals surface area contributed by atoms with Gasteiger partial charge in [0.05, 0.1) is 31.7 Å². The molecular formula is C26H25F4N3O4. The average Bonchev–Trinajstić information content (AvgIpc) is 3.21. The summed E-state index contributed by atoms with van der Waals surface area (Å²) in [5.74, 6) is 0.630. The monoisotopic (exact) mass is 519 g/mol. The van der Waals surface area contributed by atoms with Crippen LogP contribution in [-0.2, 0) is 16.1 Å². The topological polar surface area (TPSA) is 65.8 Å². The van der Waals surface area contributed by atoms with Gasteiger partial charge in [-0.3, -0.25) is 0 Å². The minimum Gasteiger partial charge on any atom is -0.497 e. The summed E-state index contributed by atoms with van der Waals surface area (Å²) < 4.78 is 70.4. The molecule has 7 nitrogen and oxygen atoms in total. The van der Waals surface area contributed by atoms with Gasteiger partial charge in [0.25, 0.3) is 0 Å². The zero-order valence-electron chi connectivity index (χ0n) is 19.9. The zero-order valence-corrected chi connectivity index (χ0v) is 19.9. The van der Waals surface area contributed by atoms with Gasteiger partial charge < -0.3 is 19.1 Å². The molecule has 2 fully saturated rings. The van der Waals surface area contributed by atoms with Gasteiger partial charge in [0.2, 0.25) is 6.10 Å². The smallest absolute Gasteiger partial charge is 0.427 e. The molecule has 2 heterocycles.